The van der Waals surface area contributed by atoms with Gasteiger partial charge in [0.25, 0.3) is 0 Å². The van der Waals surface area contributed by atoms with E-state index in [-0.39, 0.29) is 34.0 Å². The van der Waals surface area contributed by atoms with Gasteiger partial charge in [0.2, 0.25) is 0 Å². The molecule has 0 bridgehead atoms. The Morgan fingerprint density at radius 2 is 1.07 bits per heavy atom. The highest BCUT2D eigenvalue weighted by atomic mass is 79.9. The first kappa shape index (κ1) is 22.0. The van der Waals surface area contributed by atoms with Crippen LogP contribution in [0.1, 0.15) is 39.5 Å². The van der Waals surface area contributed by atoms with Crippen molar-refractivity contribution in [3.05, 3.63) is 0 Å². The molecule has 0 heterocycles. The summed E-state index contributed by atoms with van der Waals surface area (Å²) in [7, 11) is 0.773. The van der Waals surface area contributed by atoms with Gasteiger partial charge in [-0.3, -0.25) is 0 Å². The predicted molar refractivity (Wildman–Crippen MR) is 90.7 cm³/mol. The summed E-state index contributed by atoms with van der Waals surface area (Å²) < 4.78 is 0. The minimum Gasteiger partial charge on any atom is -0.114 e. The lowest BCUT2D eigenvalue weighted by Crippen LogP contribution is -1.91. The second-order valence-corrected chi connectivity index (χ2v) is 9.46. The number of hydrogen-bond acceptors (Lipinski definition) is 0. The van der Waals surface area contributed by atoms with Gasteiger partial charge in [0.1, 0.15) is 0 Å². The molecule has 0 aromatic rings. The average Bonchev–Trinajstić information content (AvgIpc) is 2.11. The maximum absolute atomic E-state index is 2.50. The van der Waals surface area contributed by atoms with Crippen molar-refractivity contribution >= 4 is 49.8 Å². The van der Waals surface area contributed by atoms with Gasteiger partial charge in [-0.15, -0.1) is 49.8 Å². The molecule has 0 fully saturated rings. The molecule has 2 atom stereocenters. The number of halogens is 2. The topological polar surface area (TPSA) is 0 Å². The molecule has 0 nitrogen and oxygen atoms in total. The number of rotatable bonds is 8. The lowest BCUT2D eigenvalue weighted by molar-refractivity contribution is 0.889. The van der Waals surface area contributed by atoms with Crippen LogP contribution in [0.2, 0.25) is 0 Å². The van der Waals surface area contributed by atoms with E-state index >= 15 is 0 Å². The van der Waals surface area contributed by atoms with Gasteiger partial charge in [-0.25, -0.2) is 0 Å². The summed E-state index contributed by atoms with van der Waals surface area (Å²) in [6.45, 7) is 9.59. The van der Waals surface area contributed by atoms with Gasteiger partial charge in [-0.05, 0) is 44.4 Å². The molecule has 4 heteroatoms. The highest BCUT2D eigenvalue weighted by Crippen LogP contribution is 2.47. The molecule has 0 aliphatic carbocycles. The summed E-state index contributed by atoms with van der Waals surface area (Å²) in [5, 5.41) is 0. The summed E-state index contributed by atoms with van der Waals surface area (Å²) >= 11 is 0. The van der Waals surface area contributed by atoms with Gasteiger partial charge in [-0.1, -0.05) is 26.7 Å². The van der Waals surface area contributed by atoms with Crippen LogP contribution >= 0.6 is 49.8 Å². The van der Waals surface area contributed by atoms with E-state index in [0.29, 0.717) is 15.8 Å². The van der Waals surface area contributed by atoms with Crippen molar-refractivity contribution < 1.29 is 0 Å². The van der Waals surface area contributed by atoms with Crippen LogP contribution in [0, 0.1) is 0 Å². The quantitative estimate of drug-likeness (QED) is 0.457. The standard InChI is InChI=1S/C11H26P2.2BrH/c1-5-7-9-12(3)11-13(4)10-8-6-2;;/h5-11H2,1-4H3;2*1H. The Labute approximate surface area is 120 Å². The largest absolute Gasteiger partial charge is 0.114 e. The van der Waals surface area contributed by atoms with E-state index in [9.17, 15) is 0 Å². The molecule has 0 aromatic heterocycles. The average molecular weight is 382 g/mol. The lowest BCUT2D eigenvalue weighted by atomic mass is 10.4. The van der Waals surface area contributed by atoms with Gasteiger partial charge in [-0.2, -0.15) is 0 Å². The fourth-order valence-electron chi connectivity index (χ4n) is 1.41. The zero-order chi connectivity index (χ0) is 10.1. The maximum Gasteiger partial charge on any atom is -0.0125 e. The minimum absolute atomic E-state index is 0. The van der Waals surface area contributed by atoms with Crippen LogP contribution < -0.4 is 0 Å². The molecule has 0 N–H and O–H groups in total. The van der Waals surface area contributed by atoms with Gasteiger partial charge in [0, 0.05) is 0 Å². The van der Waals surface area contributed by atoms with E-state index in [1.54, 1.807) is 5.90 Å². The van der Waals surface area contributed by atoms with Gasteiger partial charge in [0.05, 0.1) is 0 Å². The van der Waals surface area contributed by atoms with Crippen molar-refractivity contribution in [2.24, 2.45) is 0 Å². The Hall–Kier alpha value is 1.82. The van der Waals surface area contributed by atoms with Gasteiger partial charge < -0.3 is 0 Å². The Morgan fingerprint density at radius 3 is 1.33 bits per heavy atom. The summed E-state index contributed by atoms with van der Waals surface area (Å²) in [6.07, 6.45) is 8.71. The third kappa shape index (κ3) is 15.8. The van der Waals surface area contributed by atoms with Crippen LogP contribution in [0.3, 0.4) is 0 Å². The first-order chi connectivity index (χ1) is 6.20. The lowest BCUT2D eigenvalue weighted by Gasteiger charge is -2.17. The molecular formula is C11H28Br2P2. The summed E-state index contributed by atoms with van der Waals surface area (Å²) in [5.41, 5.74) is 0. The Bertz CT molecular complexity index is 101. The van der Waals surface area contributed by atoms with Crippen molar-refractivity contribution in [2.45, 2.75) is 39.5 Å². The highest BCUT2D eigenvalue weighted by Gasteiger charge is 2.06. The van der Waals surface area contributed by atoms with Crippen LogP contribution in [-0.2, 0) is 0 Å². The van der Waals surface area contributed by atoms with Crippen LogP contribution in [-0.4, -0.2) is 31.6 Å². The van der Waals surface area contributed by atoms with Gasteiger partial charge in [0.15, 0.2) is 0 Å². The molecule has 2 unspecified atom stereocenters. The van der Waals surface area contributed by atoms with Crippen molar-refractivity contribution in [2.75, 3.05) is 31.6 Å². The fourth-order valence-corrected chi connectivity index (χ4v) is 7.55. The Morgan fingerprint density at radius 1 is 0.733 bits per heavy atom. The predicted octanol–water partition coefficient (Wildman–Crippen LogP) is 5.92. The molecule has 0 saturated heterocycles. The fraction of sp³-hybridized carbons (Fsp3) is 1.00. The van der Waals surface area contributed by atoms with E-state index < -0.39 is 0 Å². The molecule has 0 spiro atoms. The van der Waals surface area contributed by atoms with Crippen LogP contribution in [0.25, 0.3) is 0 Å². The molecule has 0 aromatic carbocycles. The molecule has 0 saturated carbocycles. The molecule has 0 radical (unpaired) electrons. The molecule has 0 rings (SSSR count). The molecule has 0 aliphatic heterocycles. The second kappa shape index (κ2) is 15.8. The minimum atomic E-state index is 0. The molecular weight excluding hydrogens is 354 g/mol. The zero-order valence-corrected chi connectivity index (χ0v) is 15.9. The van der Waals surface area contributed by atoms with E-state index in [1.807, 2.05) is 0 Å². The monoisotopic (exact) mass is 380 g/mol. The van der Waals surface area contributed by atoms with Gasteiger partial charge >= 0.3 is 0 Å². The third-order valence-electron chi connectivity index (χ3n) is 2.27. The third-order valence-corrected chi connectivity index (χ3v) is 8.29. The van der Waals surface area contributed by atoms with Crippen molar-refractivity contribution in [1.29, 1.82) is 0 Å². The van der Waals surface area contributed by atoms with Crippen molar-refractivity contribution in [3.63, 3.8) is 0 Å². The molecule has 15 heavy (non-hydrogen) atoms. The first-order valence-corrected chi connectivity index (χ1v) is 9.89. The van der Waals surface area contributed by atoms with Crippen LogP contribution in [0.4, 0.5) is 0 Å². The SMILES string of the molecule is Br.Br.CCCCP(C)CP(C)CCCC. The Balaban J connectivity index is -0.000000720. The summed E-state index contributed by atoms with van der Waals surface area (Å²) in [5.74, 6) is 1.57. The van der Waals surface area contributed by atoms with Crippen LogP contribution in [0.15, 0.2) is 0 Å². The van der Waals surface area contributed by atoms with Crippen LogP contribution in [0.5, 0.6) is 0 Å². The molecule has 0 aliphatic rings. The molecule has 96 valence electrons. The summed E-state index contributed by atoms with van der Waals surface area (Å²) in [6, 6.07) is 0. The van der Waals surface area contributed by atoms with Crippen molar-refractivity contribution in [3.8, 4) is 0 Å². The maximum atomic E-state index is 2.50. The number of unbranched alkanes of at least 4 members (excludes halogenated alkanes) is 2. The zero-order valence-electron chi connectivity index (χ0n) is 10.7. The summed E-state index contributed by atoms with van der Waals surface area (Å²) in [4.78, 5) is 0. The first-order valence-electron chi connectivity index (χ1n) is 5.57. The van der Waals surface area contributed by atoms with E-state index in [4.69, 9.17) is 0 Å². The second-order valence-electron chi connectivity index (χ2n) is 4.01. The smallest absolute Gasteiger partial charge is 0.0125 e. The highest BCUT2D eigenvalue weighted by molar-refractivity contribution is 8.93. The van der Waals surface area contributed by atoms with E-state index in [2.05, 4.69) is 27.2 Å². The number of hydrogen-bond donors (Lipinski definition) is 0. The van der Waals surface area contributed by atoms with Crippen molar-refractivity contribution in [1.82, 2.24) is 0 Å². The van der Waals surface area contributed by atoms with E-state index in [1.165, 1.54) is 38.0 Å². The molecule has 0 amide bonds. The normalized spacial score (nSPS) is 13.6. The van der Waals surface area contributed by atoms with E-state index in [0.717, 1.165) is 0 Å². The Kier molecular flexibility index (Phi) is 23.2.